The maximum absolute atomic E-state index is 12.2. The lowest BCUT2D eigenvalue weighted by Gasteiger charge is -2.19. The van der Waals surface area contributed by atoms with Crippen LogP contribution in [0.3, 0.4) is 0 Å². The summed E-state index contributed by atoms with van der Waals surface area (Å²) < 4.78 is 0. The normalized spacial score (nSPS) is 26.7. The number of hydrogen-bond acceptors (Lipinski definition) is 5. The highest BCUT2D eigenvalue weighted by Crippen LogP contribution is 2.37. The minimum absolute atomic E-state index is 0.00308. The number of aliphatic hydroxyl groups excluding tert-OH is 1. The third-order valence-electron chi connectivity index (χ3n) is 3.48. The van der Waals surface area contributed by atoms with Crippen molar-refractivity contribution in [3.8, 4) is 0 Å². The molecule has 3 rings (SSSR count). The zero-order chi connectivity index (χ0) is 13.6. The Bertz CT molecular complexity index is 525. The SMILES string of the molecule is O=C(O)[C@@H]1C[C@@H](O)CN1C(=O)c1n[nH]c(C2CC2)n1. The molecular weight excluding hydrogens is 252 g/mol. The Hall–Kier alpha value is -1.96. The van der Waals surface area contributed by atoms with Crippen molar-refractivity contribution in [2.45, 2.75) is 37.3 Å². The Balaban J connectivity index is 1.79. The first-order valence-electron chi connectivity index (χ1n) is 6.20. The van der Waals surface area contributed by atoms with Gasteiger partial charge in [0.25, 0.3) is 5.91 Å². The van der Waals surface area contributed by atoms with Gasteiger partial charge in [-0.1, -0.05) is 0 Å². The molecule has 1 aromatic heterocycles. The smallest absolute Gasteiger partial charge is 0.326 e. The molecule has 102 valence electrons. The Morgan fingerprint density at radius 1 is 1.37 bits per heavy atom. The van der Waals surface area contributed by atoms with Gasteiger partial charge >= 0.3 is 5.97 Å². The molecule has 1 saturated carbocycles. The Morgan fingerprint density at radius 3 is 2.74 bits per heavy atom. The minimum Gasteiger partial charge on any atom is -0.480 e. The number of carboxylic acid groups (broad SMARTS) is 1. The van der Waals surface area contributed by atoms with Crippen LogP contribution in [0.1, 0.15) is 41.6 Å². The number of rotatable bonds is 3. The molecule has 19 heavy (non-hydrogen) atoms. The van der Waals surface area contributed by atoms with Crippen LogP contribution < -0.4 is 0 Å². The lowest BCUT2D eigenvalue weighted by molar-refractivity contribution is -0.141. The van der Waals surface area contributed by atoms with Gasteiger partial charge in [-0.2, -0.15) is 0 Å². The molecule has 2 fully saturated rings. The Labute approximate surface area is 108 Å². The number of aromatic nitrogens is 3. The highest BCUT2D eigenvalue weighted by molar-refractivity contribution is 5.94. The summed E-state index contributed by atoms with van der Waals surface area (Å²) in [5.41, 5.74) is 0. The summed E-state index contributed by atoms with van der Waals surface area (Å²) in [6.07, 6.45) is 1.29. The molecule has 0 spiro atoms. The quantitative estimate of drug-likeness (QED) is 0.668. The highest BCUT2D eigenvalue weighted by Gasteiger charge is 2.40. The molecule has 8 nitrogen and oxygen atoms in total. The van der Waals surface area contributed by atoms with Gasteiger partial charge in [-0.25, -0.2) is 9.78 Å². The molecule has 2 heterocycles. The van der Waals surface area contributed by atoms with Gasteiger partial charge in [0.1, 0.15) is 11.9 Å². The molecule has 1 aliphatic heterocycles. The predicted molar refractivity (Wildman–Crippen MR) is 61.4 cm³/mol. The number of amides is 1. The monoisotopic (exact) mass is 266 g/mol. The van der Waals surface area contributed by atoms with E-state index < -0.39 is 24.0 Å². The van der Waals surface area contributed by atoms with Crippen LogP contribution in [-0.4, -0.2) is 60.9 Å². The van der Waals surface area contributed by atoms with Crippen LogP contribution in [0.4, 0.5) is 0 Å². The third-order valence-corrected chi connectivity index (χ3v) is 3.48. The molecule has 0 bridgehead atoms. The van der Waals surface area contributed by atoms with Crippen molar-refractivity contribution in [1.82, 2.24) is 20.1 Å². The van der Waals surface area contributed by atoms with E-state index in [1.54, 1.807) is 0 Å². The second-order valence-corrected chi connectivity index (χ2v) is 5.02. The fraction of sp³-hybridized carbons (Fsp3) is 0.636. The van der Waals surface area contributed by atoms with E-state index in [9.17, 15) is 14.7 Å². The Morgan fingerprint density at radius 2 is 2.11 bits per heavy atom. The number of nitrogens with one attached hydrogen (secondary N) is 1. The molecule has 1 aliphatic carbocycles. The van der Waals surface area contributed by atoms with Gasteiger partial charge in [0, 0.05) is 18.9 Å². The zero-order valence-electron chi connectivity index (χ0n) is 10.1. The highest BCUT2D eigenvalue weighted by atomic mass is 16.4. The first-order chi connectivity index (χ1) is 9.06. The number of aliphatic hydroxyl groups is 1. The minimum atomic E-state index is -1.12. The number of carboxylic acids is 1. The van der Waals surface area contributed by atoms with E-state index in [1.807, 2.05) is 0 Å². The number of H-pyrrole nitrogens is 1. The number of carbonyl (C=O) groups is 2. The number of carbonyl (C=O) groups excluding carboxylic acids is 1. The summed E-state index contributed by atoms with van der Waals surface area (Å²) in [5, 5.41) is 25.1. The number of β-amino-alcohol motifs (C(OH)–C–C–N with tert-alkyl or cyclic N) is 1. The summed E-state index contributed by atoms with van der Waals surface area (Å²) in [7, 11) is 0. The Kier molecular flexibility index (Phi) is 2.74. The van der Waals surface area contributed by atoms with Gasteiger partial charge in [-0.15, -0.1) is 5.10 Å². The molecule has 0 unspecified atom stereocenters. The van der Waals surface area contributed by atoms with Gasteiger partial charge in [0.15, 0.2) is 0 Å². The van der Waals surface area contributed by atoms with Gasteiger partial charge in [-0.3, -0.25) is 9.89 Å². The first-order valence-corrected chi connectivity index (χ1v) is 6.20. The van der Waals surface area contributed by atoms with E-state index in [-0.39, 0.29) is 18.8 Å². The average molecular weight is 266 g/mol. The fourth-order valence-electron chi connectivity index (χ4n) is 2.31. The van der Waals surface area contributed by atoms with Gasteiger partial charge in [0.2, 0.25) is 5.82 Å². The van der Waals surface area contributed by atoms with E-state index in [4.69, 9.17) is 5.11 Å². The summed E-state index contributed by atoms with van der Waals surface area (Å²) >= 11 is 0. The second-order valence-electron chi connectivity index (χ2n) is 5.02. The molecule has 2 atom stereocenters. The molecule has 3 N–H and O–H groups in total. The number of nitrogens with zero attached hydrogens (tertiary/aromatic N) is 3. The lowest BCUT2D eigenvalue weighted by atomic mass is 10.2. The summed E-state index contributed by atoms with van der Waals surface area (Å²) in [6, 6.07) is -1.01. The molecule has 1 saturated heterocycles. The number of aromatic amines is 1. The molecule has 2 aliphatic rings. The number of likely N-dealkylation sites (tertiary alicyclic amines) is 1. The van der Waals surface area contributed by atoms with Gasteiger partial charge < -0.3 is 15.1 Å². The topological polar surface area (TPSA) is 119 Å². The molecule has 0 aromatic carbocycles. The van der Waals surface area contributed by atoms with E-state index in [0.717, 1.165) is 17.7 Å². The van der Waals surface area contributed by atoms with Crippen LogP contribution in [0.2, 0.25) is 0 Å². The maximum Gasteiger partial charge on any atom is 0.326 e. The third kappa shape index (κ3) is 2.19. The van der Waals surface area contributed by atoms with Crippen molar-refractivity contribution in [2.75, 3.05) is 6.54 Å². The van der Waals surface area contributed by atoms with Crippen LogP contribution in [0.15, 0.2) is 0 Å². The van der Waals surface area contributed by atoms with Crippen LogP contribution >= 0.6 is 0 Å². The van der Waals surface area contributed by atoms with E-state index >= 15 is 0 Å². The van der Waals surface area contributed by atoms with Crippen molar-refractivity contribution in [1.29, 1.82) is 0 Å². The van der Waals surface area contributed by atoms with Crippen LogP contribution in [0.5, 0.6) is 0 Å². The summed E-state index contributed by atoms with van der Waals surface area (Å²) in [5.74, 6) is -0.680. The van der Waals surface area contributed by atoms with E-state index in [0.29, 0.717) is 11.7 Å². The van der Waals surface area contributed by atoms with E-state index in [1.165, 1.54) is 0 Å². The van der Waals surface area contributed by atoms with Crippen molar-refractivity contribution in [3.05, 3.63) is 11.6 Å². The molecule has 1 amide bonds. The molecule has 0 radical (unpaired) electrons. The average Bonchev–Trinajstić information content (AvgIpc) is 2.96. The van der Waals surface area contributed by atoms with E-state index in [2.05, 4.69) is 15.2 Å². The largest absolute Gasteiger partial charge is 0.480 e. The maximum atomic E-state index is 12.2. The predicted octanol–water partition coefficient (Wildman–Crippen LogP) is -0.658. The number of aliphatic carboxylic acids is 1. The molecule has 1 aromatic rings. The molecule has 8 heteroatoms. The van der Waals surface area contributed by atoms with Crippen molar-refractivity contribution >= 4 is 11.9 Å². The van der Waals surface area contributed by atoms with Crippen LogP contribution in [0, 0.1) is 0 Å². The first kappa shape index (κ1) is 12.1. The summed E-state index contributed by atoms with van der Waals surface area (Å²) in [6.45, 7) is 0.00308. The van der Waals surface area contributed by atoms with Crippen molar-refractivity contribution < 1.29 is 19.8 Å². The number of hydrogen-bond donors (Lipinski definition) is 3. The van der Waals surface area contributed by atoms with Crippen molar-refractivity contribution in [3.63, 3.8) is 0 Å². The second kappa shape index (κ2) is 4.30. The van der Waals surface area contributed by atoms with Gasteiger partial charge in [-0.05, 0) is 12.8 Å². The van der Waals surface area contributed by atoms with Gasteiger partial charge in [0.05, 0.1) is 6.10 Å². The fourth-order valence-corrected chi connectivity index (χ4v) is 2.31. The lowest BCUT2D eigenvalue weighted by Crippen LogP contribution is -2.41. The summed E-state index contributed by atoms with van der Waals surface area (Å²) in [4.78, 5) is 28.5. The van der Waals surface area contributed by atoms with Crippen LogP contribution in [0.25, 0.3) is 0 Å². The zero-order valence-corrected chi connectivity index (χ0v) is 10.1. The van der Waals surface area contributed by atoms with Crippen molar-refractivity contribution in [2.24, 2.45) is 0 Å². The molecular formula is C11H14N4O4. The standard InChI is InChI=1S/C11H14N4O4/c16-6-3-7(11(18)19)15(4-6)10(17)9-12-8(13-14-9)5-1-2-5/h5-7,16H,1-4H2,(H,18,19)(H,12,13,14)/t6-,7+/m1/s1. The van der Waals surface area contributed by atoms with Crippen LogP contribution in [-0.2, 0) is 4.79 Å².